The predicted octanol–water partition coefficient (Wildman–Crippen LogP) is 2.57. The van der Waals surface area contributed by atoms with E-state index in [1.807, 2.05) is 18.3 Å². The van der Waals surface area contributed by atoms with Crippen LogP contribution in [0.4, 0.5) is 0 Å². The van der Waals surface area contributed by atoms with Gasteiger partial charge in [-0.2, -0.15) is 4.98 Å². The number of hydrogen-bond acceptors (Lipinski definition) is 7. The Kier molecular flexibility index (Phi) is 5.14. The minimum absolute atomic E-state index is 0.00341. The van der Waals surface area contributed by atoms with Crippen LogP contribution in [-0.4, -0.2) is 39.4 Å². The van der Waals surface area contributed by atoms with Gasteiger partial charge in [-0.3, -0.25) is 9.59 Å². The second-order valence-electron chi connectivity index (χ2n) is 7.80. The van der Waals surface area contributed by atoms with Gasteiger partial charge in [0.25, 0.3) is 11.8 Å². The molecular weight excluding hydrogens is 410 g/mol. The van der Waals surface area contributed by atoms with Crippen LogP contribution in [0.3, 0.4) is 0 Å². The summed E-state index contributed by atoms with van der Waals surface area (Å²) < 4.78 is 11.5. The van der Waals surface area contributed by atoms with Crippen molar-refractivity contribution in [3.8, 4) is 28.9 Å². The average molecular weight is 431 g/mol. The fraction of sp³-hybridized carbons (Fsp3) is 0.261. The molecular formula is C23H21N5O4. The summed E-state index contributed by atoms with van der Waals surface area (Å²) >= 11 is 0. The Balaban J connectivity index is 1.35. The minimum Gasteiger partial charge on any atom is -0.464 e. The molecule has 5 rings (SSSR count). The Hall–Kier alpha value is -4.01. The summed E-state index contributed by atoms with van der Waals surface area (Å²) in [6.07, 6.45) is 4.17. The third kappa shape index (κ3) is 4.36. The van der Waals surface area contributed by atoms with E-state index in [2.05, 4.69) is 20.3 Å². The number of aromatic nitrogens is 3. The number of amides is 2. The number of nitrogens with one attached hydrogen (secondary N) is 1. The van der Waals surface area contributed by atoms with E-state index in [9.17, 15) is 9.59 Å². The van der Waals surface area contributed by atoms with E-state index < -0.39 is 12.0 Å². The summed E-state index contributed by atoms with van der Waals surface area (Å²) in [7, 11) is 0. The zero-order valence-corrected chi connectivity index (χ0v) is 17.2. The Morgan fingerprint density at radius 1 is 1.03 bits per heavy atom. The fourth-order valence-corrected chi connectivity index (χ4v) is 3.47. The molecule has 2 aromatic heterocycles. The van der Waals surface area contributed by atoms with Crippen LogP contribution in [0.15, 0.2) is 48.7 Å². The molecule has 1 aliphatic heterocycles. The van der Waals surface area contributed by atoms with Crippen molar-refractivity contribution in [3.05, 3.63) is 59.9 Å². The first-order valence-corrected chi connectivity index (χ1v) is 10.4. The van der Waals surface area contributed by atoms with E-state index in [4.69, 9.17) is 15.2 Å². The monoisotopic (exact) mass is 431 g/mol. The summed E-state index contributed by atoms with van der Waals surface area (Å²) in [6.45, 7) is 0.531. The van der Waals surface area contributed by atoms with Crippen LogP contribution < -0.4 is 20.5 Å². The van der Waals surface area contributed by atoms with Gasteiger partial charge >= 0.3 is 0 Å². The van der Waals surface area contributed by atoms with Crippen LogP contribution in [0, 0.1) is 0 Å². The highest BCUT2D eigenvalue weighted by Gasteiger charge is 2.27. The van der Waals surface area contributed by atoms with Crippen LogP contribution in [0.2, 0.25) is 0 Å². The maximum atomic E-state index is 11.8. The van der Waals surface area contributed by atoms with E-state index in [1.54, 1.807) is 24.3 Å². The minimum atomic E-state index is -0.713. The highest BCUT2D eigenvalue weighted by Crippen LogP contribution is 2.40. The lowest BCUT2D eigenvalue weighted by Crippen LogP contribution is -2.28. The predicted molar refractivity (Wildman–Crippen MR) is 114 cm³/mol. The van der Waals surface area contributed by atoms with Crippen molar-refractivity contribution in [1.82, 2.24) is 20.3 Å². The molecule has 0 bridgehead atoms. The molecule has 9 nitrogen and oxygen atoms in total. The number of carbonyl (C=O) groups excluding carboxylic acids is 2. The second kappa shape index (κ2) is 8.26. The van der Waals surface area contributed by atoms with Crippen LogP contribution >= 0.6 is 0 Å². The quantitative estimate of drug-likeness (QED) is 0.588. The molecule has 32 heavy (non-hydrogen) atoms. The Bertz CT molecular complexity index is 1160. The maximum Gasteiger partial charge on any atom is 0.267 e. The van der Waals surface area contributed by atoms with Gasteiger partial charge in [0.05, 0.1) is 0 Å². The Morgan fingerprint density at radius 3 is 2.47 bits per heavy atom. The molecule has 3 N–H and O–H groups in total. The van der Waals surface area contributed by atoms with E-state index in [1.165, 1.54) is 24.5 Å². The van der Waals surface area contributed by atoms with Crippen LogP contribution in [0.5, 0.6) is 17.5 Å². The van der Waals surface area contributed by atoms with Crippen molar-refractivity contribution in [3.63, 3.8) is 0 Å². The number of nitrogens with zero attached hydrogens (tertiary/aromatic N) is 3. The lowest BCUT2D eigenvalue weighted by Gasteiger charge is -2.12. The molecule has 2 amide bonds. The molecule has 1 unspecified atom stereocenters. The van der Waals surface area contributed by atoms with Crippen molar-refractivity contribution in [2.45, 2.75) is 31.3 Å². The second-order valence-corrected chi connectivity index (χ2v) is 7.80. The van der Waals surface area contributed by atoms with Crippen molar-refractivity contribution in [2.75, 3.05) is 6.54 Å². The van der Waals surface area contributed by atoms with Crippen molar-refractivity contribution in [2.24, 2.45) is 5.73 Å². The third-order valence-corrected chi connectivity index (χ3v) is 5.36. The number of rotatable bonds is 7. The summed E-state index contributed by atoms with van der Waals surface area (Å²) in [5.74, 6) is 1.20. The van der Waals surface area contributed by atoms with E-state index in [0.29, 0.717) is 36.1 Å². The van der Waals surface area contributed by atoms with Gasteiger partial charge in [-0.25, -0.2) is 9.97 Å². The van der Waals surface area contributed by atoms with Crippen LogP contribution in [0.1, 0.15) is 41.2 Å². The highest BCUT2D eigenvalue weighted by molar-refractivity contribution is 5.91. The first kappa shape index (κ1) is 19.9. The molecule has 162 valence electrons. The lowest BCUT2D eigenvalue weighted by molar-refractivity contribution is -0.125. The maximum absolute atomic E-state index is 11.8. The van der Waals surface area contributed by atoms with Crippen molar-refractivity contribution >= 4 is 11.8 Å². The van der Waals surface area contributed by atoms with E-state index >= 15 is 0 Å². The standard InChI is InChI=1S/C23H21N5O4/c24-21(29)17-11-20(32-18-9-10-25-23(18)30)28-22(27-17)14-3-6-16(7-4-14)31-19-8-5-15(12-26-19)13-1-2-13/h3-8,11-13,18H,1-2,9-10H2,(H2,24,29)(H,25,30). The molecule has 1 saturated heterocycles. The molecule has 2 fully saturated rings. The van der Waals surface area contributed by atoms with Gasteiger partial charge in [0.1, 0.15) is 11.4 Å². The summed E-state index contributed by atoms with van der Waals surface area (Å²) in [5.41, 5.74) is 7.30. The van der Waals surface area contributed by atoms with Gasteiger partial charge in [0.15, 0.2) is 11.9 Å². The average Bonchev–Trinajstić information content (AvgIpc) is 3.58. The molecule has 1 aliphatic carbocycles. The Labute approximate surface area is 184 Å². The molecule has 9 heteroatoms. The van der Waals surface area contributed by atoms with Gasteiger partial charge in [-0.15, -0.1) is 0 Å². The highest BCUT2D eigenvalue weighted by atomic mass is 16.5. The smallest absolute Gasteiger partial charge is 0.267 e. The van der Waals surface area contributed by atoms with Crippen molar-refractivity contribution < 1.29 is 19.1 Å². The molecule has 1 aromatic carbocycles. The molecule has 1 saturated carbocycles. The molecule has 0 radical (unpaired) electrons. The zero-order valence-electron chi connectivity index (χ0n) is 17.2. The fourth-order valence-electron chi connectivity index (χ4n) is 3.47. The lowest BCUT2D eigenvalue weighted by atomic mass is 10.2. The number of ether oxygens (including phenoxy) is 2. The van der Waals surface area contributed by atoms with E-state index in [0.717, 1.165) is 0 Å². The molecule has 2 aliphatic rings. The van der Waals surface area contributed by atoms with Gasteiger partial charge in [-0.05, 0) is 48.6 Å². The van der Waals surface area contributed by atoms with Crippen LogP contribution in [-0.2, 0) is 4.79 Å². The van der Waals surface area contributed by atoms with Gasteiger partial charge in [0.2, 0.25) is 11.8 Å². The van der Waals surface area contributed by atoms with Gasteiger partial charge in [0, 0.05) is 36.9 Å². The molecule has 3 aromatic rings. The van der Waals surface area contributed by atoms with E-state index in [-0.39, 0.29) is 23.3 Å². The summed E-state index contributed by atoms with van der Waals surface area (Å²) in [5, 5.41) is 2.69. The van der Waals surface area contributed by atoms with Crippen LogP contribution in [0.25, 0.3) is 11.4 Å². The number of benzene rings is 1. The Morgan fingerprint density at radius 2 is 1.84 bits per heavy atom. The zero-order chi connectivity index (χ0) is 22.1. The largest absolute Gasteiger partial charge is 0.464 e. The first-order chi connectivity index (χ1) is 15.5. The third-order valence-electron chi connectivity index (χ3n) is 5.36. The number of hydrogen-bond donors (Lipinski definition) is 2. The normalized spacial score (nSPS) is 17.6. The van der Waals surface area contributed by atoms with Crippen molar-refractivity contribution in [1.29, 1.82) is 0 Å². The first-order valence-electron chi connectivity index (χ1n) is 10.4. The number of carbonyl (C=O) groups is 2. The molecule has 0 spiro atoms. The number of nitrogens with two attached hydrogens (primary N) is 1. The summed E-state index contributed by atoms with van der Waals surface area (Å²) in [6, 6.07) is 12.3. The SMILES string of the molecule is NC(=O)c1cc(OC2CCNC2=O)nc(-c2ccc(Oc3ccc(C4CC4)cn3)cc2)n1. The molecule has 1 atom stereocenters. The summed E-state index contributed by atoms with van der Waals surface area (Å²) in [4.78, 5) is 36.5. The topological polar surface area (TPSA) is 129 Å². The molecule has 3 heterocycles. The number of primary amides is 1. The van der Waals surface area contributed by atoms with Gasteiger partial charge < -0.3 is 20.5 Å². The number of pyridine rings is 1. The van der Waals surface area contributed by atoms with Gasteiger partial charge in [-0.1, -0.05) is 6.07 Å².